The van der Waals surface area contributed by atoms with Crippen molar-refractivity contribution < 1.29 is 0 Å². The van der Waals surface area contributed by atoms with Gasteiger partial charge < -0.3 is 15.6 Å². The van der Waals surface area contributed by atoms with Crippen LogP contribution in [0.5, 0.6) is 0 Å². The highest BCUT2D eigenvalue weighted by atomic mass is 16.2. The highest BCUT2D eigenvalue weighted by molar-refractivity contribution is 5.76. The Balaban J connectivity index is 1.68. The first-order valence-corrected chi connectivity index (χ1v) is 11.0. The maximum atomic E-state index is 13.6. The molecule has 10 nitrogen and oxygen atoms in total. The summed E-state index contributed by atoms with van der Waals surface area (Å²) in [7, 11) is 1.63. The number of aryl methyl sites for hydroxylation is 1. The van der Waals surface area contributed by atoms with Crippen molar-refractivity contribution in [3.05, 3.63) is 50.9 Å². The van der Waals surface area contributed by atoms with Crippen LogP contribution in [-0.2, 0) is 20.1 Å². The Morgan fingerprint density at radius 3 is 2.79 bits per heavy atom. The van der Waals surface area contributed by atoms with Gasteiger partial charge in [0.15, 0.2) is 11.2 Å². The molecule has 1 atom stereocenters. The Morgan fingerprint density at radius 1 is 1.21 bits per heavy atom. The minimum Gasteiger partial charge on any atom is -0.341 e. The highest BCUT2D eigenvalue weighted by Gasteiger charge is 2.26. The predicted molar refractivity (Wildman–Crippen MR) is 127 cm³/mol. The first-order chi connectivity index (χ1) is 16.0. The van der Waals surface area contributed by atoms with Gasteiger partial charge in [-0.1, -0.05) is 18.1 Å². The second-order valence-electron chi connectivity index (χ2n) is 8.38. The van der Waals surface area contributed by atoms with E-state index in [4.69, 9.17) is 10.7 Å². The average Bonchev–Trinajstić information content (AvgIpc) is 3.40. The lowest BCUT2D eigenvalue weighted by molar-refractivity contribution is 0.496. The van der Waals surface area contributed by atoms with Crippen molar-refractivity contribution >= 4 is 28.1 Å². The topological polar surface area (TPSA) is 120 Å². The van der Waals surface area contributed by atoms with Gasteiger partial charge >= 0.3 is 5.69 Å². The molecular formula is C23H26N8O2. The van der Waals surface area contributed by atoms with Gasteiger partial charge in [-0.3, -0.25) is 18.5 Å². The number of nitrogens with zero attached hydrogens (tertiary/aromatic N) is 6. The predicted octanol–water partition coefficient (Wildman–Crippen LogP) is 0.772. The Hall–Kier alpha value is -3.84. The largest absolute Gasteiger partial charge is 0.341 e. The smallest absolute Gasteiger partial charge is 0.332 e. The summed E-state index contributed by atoms with van der Waals surface area (Å²) >= 11 is 0. The average molecular weight is 447 g/mol. The summed E-state index contributed by atoms with van der Waals surface area (Å²) in [5.74, 6) is 7.09. The highest BCUT2D eigenvalue weighted by Crippen LogP contribution is 2.23. The van der Waals surface area contributed by atoms with Gasteiger partial charge in [-0.2, -0.15) is 4.98 Å². The van der Waals surface area contributed by atoms with Crippen LogP contribution < -0.4 is 21.9 Å². The van der Waals surface area contributed by atoms with Crippen LogP contribution in [0.2, 0.25) is 0 Å². The number of nitrogens with two attached hydrogens (primary N) is 1. The molecule has 0 saturated carbocycles. The lowest BCUT2D eigenvalue weighted by atomic mass is 10.1. The molecule has 1 unspecified atom stereocenters. The summed E-state index contributed by atoms with van der Waals surface area (Å²) in [6.45, 7) is 3.52. The van der Waals surface area contributed by atoms with Gasteiger partial charge in [0.1, 0.15) is 5.82 Å². The monoisotopic (exact) mass is 446 g/mol. The van der Waals surface area contributed by atoms with Gasteiger partial charge in [-0.15, -0.1) is 5.92 Å². The number of para-hydroxylation sites is 2. The number of hydrogen-bond donors (Lipinski definition) is 2. The Labute approximate surface area is 189 Å². The van der Waals surface area contributed by atoms with Crippen molar-refractivity contribution in [3.8, 4) is 11.8 Å². The van der Waals surface area contributed by atoms with Crippen molar-refractivity contribution in [2.45, 2.75) is 38.9 Å². The van der Waals surface area contributed by atoms with Crippen LogP contribution in [0.25, 0.3) is 22.2 Å². The van der Waals surface area contributed by atoms with Gasteiger partial charge in [0.2, 0.25) is 5.95 Å². The Morgan fingerprint density at radius 2 is 2.03 bits per heavy atom. The van der Waals surface area contributed by atoms with Crippen molar-refractivity contribution in [2.24, 2.45) is 12.8 Å². The summed E-state index contributed by atoms with van der Waals surface area (Å²) < 4.78 is 4.42. The number of hydrogen-bond acceptors (Lipinski definition) is 6. The molecule has 5 rings (SSSR count). The van der Waals surface area contributed by atoms with Crippen LogP contribution in [0.4, 0.5) is 5.95 Å². The minimum absolute atomic E-state index is 0.0324. The lowest BCUT2D eigenvalue weighted by Crippen LogP contribution is -2.44. The number of H-pyrrole nitrogens is 1. The first kappa shape index (κ1) is 21.0. The molecule has 1 aromatic carbocycles. The molecule has 0 bridgehead atoms. The van der Waals surface area contributed by atoms with Crippen LogP contribution in [0.3, 0.4) is 0 Å². The molecule has 33 heavy (non-hydrogen) atoms. The van der Waals surface area contributed by atoms with E-state index >= 15 is 0 Å². The molecule has 10 heteroatoms. The summed E-state index contributed by atoms with van der Waals surface area (Å²) in [5, 5.41) is 0. The second kappa shape index (κ2) is 8.26. The third-order valence-corrected chi connectivity index (χ3v) is 6.11. The molecule has 4 heterocycles. The zero-order valence-electron chi connectivity index (χ0n) is 18.7. The summed E-state index contributed by atoms with van der Waals surface area (Å²) in [4.78, 5) is 41.3. The van der Waals surface area contributed by atoms with Crippen molar-refractivity contribution in [1.29, 1.82) is 0 Å². The number of fused-ring (bicyclic) bond motifs is 2. The molecule has 170 valence electrons. The quantitative estimate of drug-likeness (QED) is 0.447. The standard InChI is InChI=1S/C23H26N8O2/c1-3-4-12-30-19-20(27-22(30)29-11-7-8-15(24)13-29)28(2)23(33)31(21(19)32)14-18-25-16-9-5-6-10-17(16)26-18/h5-6,9-10,15H,7-8,11-14,24H2,1-2H3,(H,25,26). The van der Waals surface area contributed by atoms with E-state index in [1.54, 1.807) is 18.5 Å². The third-order valence-electron chi connectivity index (χ3n) is 6.11. The fourth-order valence-corrected chi connectivity index (χ4v) is 4.47. The molecule has 1 aliphatic rings. The third kappa shape index (κ3) is 3.60. The van der Waals surface area contributed by atoms with Crippen molar-refractivity contribution in [2.75, 3.05) is 18.0 Å². The van der Waals surface area contributed by atoms with Gasteiger partial charge in [0.05, 0.1) is 24.1 Å². The van der Waals surface area contributed by atoms with E-state index in [0.29, 0.717) is 36.0 Å². The molecular weight excluding hydrogens is 420 g/mol. The molecule has 1 aliphatic heterocycles. The fraction of sp³-hybridized carbons (Fsp3) is 0.391. The van der Waals surface area contributed by atoms with Crippen LogP contribution in [-0.4, -0.2) is 47.8 Å². The number of nitrogens with one attached hydrogen (secondary N) is 1. The first-order valence-electron chi connectivity index (χ1n) is 11.0. The lowest BCUT2D eigenvalue weighted by Gasteiger charge is -2.31. The van der Waals surface area contributed by atoms with Crippen LogP contribution in [0, 0.1) is 11.8 Å². The molecule has 4 aromatic rings. The number of piperidine rings is 1. The van der Waals surface area contributed by atoms with E-state index in [2.05, 4.69) is 26.7 Å². The number of imidazole rings is 2. The molecule has 0 spiro atoms. The zero-order valence-corrected chi connectivity index (χ0v) is 18.7. The van der Waals surface area contributed by atoms with Gasteiger partial charge in [-0.05, 0) is 31.9 Å². The van der Waals surface area contributed by atoms with E-state index in [-0.39, 0.29) is 12.6 Å². The maximum absolute atomic E-state index is 13.6. The van der Waals surface area contributed by atoms with Gasteiger partial charge in [0.25, 0.3) is 5.56 Å². The maximum Gasteiger partial charge on any atom is 0.332 e. The minimum atomic E-state index is -0.443. The van der Waals surface area contributed by atoms with Gasteiger partial charge in [-0.25, -0.2) is 9.78 Å². The number of aromatic nitrogens is 6. The van der Waals surface area contributed by atoms with Crippen LogP contribution in [0.15, 0.2) is 33.9 Å². The number of benzene rings is 1. The van der Waals surface area contributed by atoms with E-state index in [9.17, 15) is 9.59 Å². The van der Waals surface area contributed by atoms with E-state index < -0.39 is 11.2 Å². The molecule has 0 radical (unpaired) electrons. The van der Waals surface area contributed by atoms with E-state index in [1.165, 1.54) is 9.13 Å². The molecule has 0 aliphatic carbocycles. The summed E-state index contributed by atoms with van der Waals surface area (Å²) in [5.41, 5.74) is 7.67. The van der Waals surface area contributed by atoms with E-state index in [0.717, 1.165) is 30.4 Å². The molecule has 3 N–H and O–H groups in total. The summed E-state index contributed by atoms with van der Waals surface area (Å²) in [6.07, 6.45) is 1.90. The molecule has 0 amide bonds. The number of anilines is 1. The molecule has 3 aromatic heterocycles. The number of aromatic amines is 1. The van der Waals surface area contributed by atoms with Crippen LogP contribution >= 0.6 is 0 Å². The molecule has 1 saturated heterocycles. The van der Waals surface area contributed by atoms with Crippen LogP contribution in [0.1, 0.15) is 25.6 Å². The summed E-state index contributed by atoms with van der Waals surface area (Å²) in [6, 6.07) is 7.63. The molecule has 1 fully saturated rings. The van der Waals surface area contributed by atoms with Crippen molar-refractivity contribution in [1.82, 2.24) is 28.7 Å². The Bertz CT molecular complexity index is 1490. The fourth-order valence-electron chi connectivity index (χ4n) is 4.47. The van der Waals surface area contributed by atoms with Gasteiger partial charge in [0, 0.05) is 26.2 Å². The van der Waals surface area contributed by atoms with Crippen molar-refractivity contribution in [3.63, 3.8) is 0 Å². The normalized spacial score (nSPS) is 16.3. The number of rotatable bonds is 4. The SMILES string of the molecule is CC#CCn1c(N2CCCC(N)C2)nc2c1c(=O)n(Cc1nc3ccccc3[nH]1)c(=O)n2C. The second-order valence-corrected chi connectivity index (χ2v) is 8.38. The van der Waals surface area contributed by atoms with E-state index in [1.807, 2.05) is 24.3 Å². The zero-order chi connectivity index (χ0) is 23.1. The Kier molecular flexibility index (Phi) is 5.26.